The third kappa shape index (κ3) is 4.77. The summed E-state index contributed by atoms with van der Waals surface area (Å²) in [6.45, 7) is 5.11. The molecule has 0 radical (unpaired) electrons. The van der Waals surface area contributed by atoms with Crippen LogP contribution in [0.1, 0.15) is 30.6 Å². The number of aromatic nitrogens is 2. The van der Waals surface area contributed by atoms with Crippen LogP contribution in [-0.4, -0.2) is 60.1 Å². The van der Waals surface area contributed by atoms with Crippen molar-refractivity contribution in [3.05, 3.63) is 48.0 Å². The van der Waals surface area contributed by atoms with Crippen molar-refractivity contribution in [1.29, 1.82) is 0 Å². The standard InChI is InChI=1S/C24H29N5O4S/c1-4-29-15-16(11-21(29)30)14-25-24(31)19-12-18(27-34(32,33)5-2)13-20-22(19)28(3)23(26-20)17-9-7-6-8-10-17/h6-10,12-13,16,27H,4-5,11,14-15H2,1-3H3,(H,25,31)/t16-/m1/s1. The van der Waals surface area contributed by atoms with Gasteiger partial charge in [-0.05, 0) is 26.0 Å². The predicted octanol–water partition coefficient (Wildman–Crippen LogP) is 2.60. The van der Waals surface area contributed by atoms with E-state index in [4.69, 9.17) is 4.98 Å². The van der Waals surface area contributed by atoms with Crippen LogP contribution in [0.2, 0.25) is 0 Å². The van der Waals surface area contributed by atoms with E-state index in [0.717, 1.165) is 5.56 Å². The SMILES string of the molecule is CCN1C[C@@H](CNC(=O)c2cc(NS(=O)(=O)CC)cc3nc(-c4ccccc4)n(C)c23)CC1=O. The first-order valence-electron chi connectivity index (χ1n) is 11.3. The Bertz CT molecular complexity index is 1330. The Hall–Kier alpha value is -3.40. The number of nitrogens with zero attached hydrogens (tertiary/aromatic N) is 3. The summed E-state index contributed by atoms with van der Waals surface area (Å²) in [6, 6.07) is 12.8. The minimum atomic E-state index is -3.54. The molecule has 1 aromatic heterocycles. The second-order valence-corrected chi connectivity index (χ2v) is 10.5. The first kappa shape index (κ1) is 23.7. The first-order chi connectivity index (χ1) is 16.2. The van der Waals surface area contributed by atoms with Gasteiger partial charge < -0.3 is 14.8 Å². The molecule has 1 saturated heterocycles. The third-order valence-electron chi connectivity index (χ3n) is 6.13. The summed E-state index contributed by atoms with van der Waals surface area (Å²) in [6.07, 6.45) is 0.406. The lowest BCUT2D eigenvalue weighted by atomic mass is 10.1. The van der Waals surface area contributed by atoms with Crippen molar-refractivity contribution in [2.45, 2.75) is 20.3 Å². The number of anilines is 1. The van der Waals surface area contributed by atoms with Gasteiger partial charge in [0.05, 0.1) is 28.0 Å². The molecule has 2 aromatic carbocycles. The fraction of sp³-hybridized carbons (Fsp3) is 0.375. The van der Waals surface area contributed by atoms with Crippen molar-refractivity contribution in [3.8, 4) is 11.4 Å². The van der Waals surface area contributed by atoms with Crippen LogP contribution in [0.4, 0.5) is 5.69 Å². The molecular weight excluding hydrogens is 454 g/mol. The normalized spacial score (nSPS) is 16.3. The molecular formula is C24H29N5O4S. The molecule has 2 N–H and O–H groups in total. The molecule has 10 heteroatoms. The van der Waals surface area contributed by atoms with Crippen LogP contribution in [0.15, 0.2) is 42.5 Å². The maximum atomic E-state index is 13.3. The van der Waals surface area contributed by atoms with E-state index < -0.39 is 10.0 Å². The molecule has 0 bridgehead atoms. The zero-order valence-electron chi connectivity index (χ0n) is 19.5. The van der Waals surface area contributed by atoms with Gasteiger partial charge in [0, 0.05) is 44.6 Å². The lowest BCUT2D eigenvalue weighted by Crippen LogP contribution is -2.31. The van der Waals surface area contributed by atoms with E-state index in [1.165, 1.54) is 0 Å². The van der Waals surface area contributed by atoms with Crippen LogP contribution in [0.3, 0.4) is 0 Å². The van der Waals surface area contributed by atoms with Crippen molar-refractivity contribution in [1.82, 2.24) is 19.8 Å². The van der Waals surface area contributed by atoms with E-state index in [2.05, 4.69) is 10.0 Å². The molecule has 2 heterocycles. The molecule has 2 amide bonds. The number of imidazole rings is 1. The van der Waals surface area contributed by atoms with E-state index in [1.54, 1.807) is 24.0 Å². The highest BCUT2D eigenvalue weighted by molar-refractivity contribution is 7.92. The molecule has 0 spiro atoms. The van der Waals surface area contributed by atoms with E-state index >= 15 is 0 Å². The van der Waals surface area contributed by atoms with Gasteiger partial charge in [-0.1, -0.05) is 30.3 Å². The highest BCUT2D eigenvalue weighted by atomic mass is 32.2. The van der Waals surface area contributed by atoms with Crippen LogP contribution in [0, 0.1) is 5.92 Å². The predicted molar refractivity (Wildman–Crippen MR) is 132 cm³/mol. The number of hydrogen-bond donors (Lipinski definition) is 2. The minimum absolute atomic E-state index is 0.0417. The number of benzene rings is 2. The van der Waals surface area contributed by atoms with Gasteiger partial charge in [0.2, 0.25) is 15.9 Å². The number of amides is 2. The molecule has 9 nitrogen and oxygen atoms in total. The molecule has 4 rings (SSSR count). The zero-order valence-corrected chi connectivity index (χ0v) is 20.4. The summed E-state index contributed by atoms with van der Waals surface area (Å²) in [4.78, 5) is 31.8. The highest BCUT2D eigenvalue weighted by Gasteiger charge is 2.29. The van der Waals surface area contributed by atoms with Gasteiger partial charge in [-0.3, -0.25) is 14.3 Å². The zero-order chi connectivity index (χ0) is 24.5. The number of likely N-dealkylation sites (tertiary alicyclic amines) is 1. The van der Waals surface area contributed by atoms with E-state index in [1.807, 2.05) is 48.9 Å². The number of hydrogen-bond acceptors (Lipinski definition) is 5. The summed E-state index contributed by atoms with van der Waals surface area (Å²) < 4.78 is 28.8. The van der Waals surface area contributed by atoms with Crippen LogP contribution < -0.4 is 10.0 Å². The lowest BCUT2D eigenvalue weighted by molar-refractivity contribution is -0.127. The maximum Gasteiger partial charge on any atom is 0.253 e. The van der Waals surface area contributed by atoms with Gasteiger partial charge in [0.1, 0.15) is 5.82 Å². The molecule has 0 unspecified atom stereocenters. The van der Waals surface area contributed by atoms with E-state index in [-0.39, 0.29) is 29.2 Å². The monoisotopic (exact) mass is 483 g/mol. The lowest BCUT2D eigenvalue weighted by Gasteiger charge is -2.15. The number of nitrogens with one attached hydrogen (secondary N) is 2. The van der Waals surface area contributed by atoms with Crippen molar-refractivity contribution in [3.63, 3.8) is 0 Å². The van der Waals surface area contributed by atoms with Crippen LogP contribution in [0.25, 0.3) is 22.4 Å². The van der Waals surface area contributed by atoms with Gasteiger partial charge in [0.15, 0.2) is 0 Å². The van der Waals surface area contributed by atoms with Gasteiger partial charge in [-0.25, -0.2) is 13.4 Å². The Morgan fingerprint density at radius 2 is 1.91 bits per heavy atom. The Morgan fingerprint density at radius 3 is 2.56 bits per heavy atom. The summed E-state index contributed by atoms with van der Waals surface area (Å²) >= 11 is 0. The average molecular weight is 484 g/mol. The first-order valence-corrected chi connectivity index (χ1v) is 13.0. The van der Waals surface area contributed by atoms with E-state index in [0.29, 0.717) is 48.5 Å². The Kier molecular flexibility index (Phi) is 6.60. The second-order valence-electron chi connectivity index (χ2n) is 8.47. The summed E-state index contributed by atoms with van der Waals surface area (Å²) in [5.41, 5.74) is 2.60. The number of fused-ring (bicyclic) bond motifs is 1. The minimum Gasteiger partial charge on any atom is -0.352 e. The smallest absolute Gasteiger partial charge is 0.253 e. The summed E-state index contributed by atoms with van der Waals surface area (Å²) in [5.74, 6) is 0.375. The van der Waals surface area contributed by atoms with Crippen molar-refractivity contribution in [2.75, 3.05) is 30.1 Å². The molecule has 34 heavy (non-hydrogen) atoms. The maximum absolute atomic E-state index is 13.3. The molecule has 0 aliphatic carbocycles. The van der Waals surface area contributed by atoms with Gasteiger partial charge in [0.25, 0.3) is 5.91 Å². The highest BCUT2D eigenvalue weighted by Crippen LogP contribution is 2.29. The molecule has 0 saturated carbocycles. The quantitative estimate of drug-likeness (QED) is 0.511. The number of rotatable bonds is 8. The topological polar surface area (TPSA) is 113 Å². The average Bonchev–Trinajstić information content (AvgIpc) is 3.36. The number of carbonyl (C=O) groups is 2. The Labute approximate surface area is 199 Å². The fourth-order valence-electron chi connectivity index (χ4n) is 4.31. The van der Waals surface area contributed by atoms with Crippen LogP contribution in [0.5, 0.6) is 0 Å². The largest absolute Gasteiger partial charge is 0.352 e. The van der Waals surface area contributed by atoms with E-state index in [9.17, 15) is 18.0 Å². The third-order valence-corrected chi connectivity index (χ3v) is 7.43. The number of carbonyl (C=O) groups excluding carboxylic acids is 2. The molecule has 3 aromatic rings. The Morgan fingerprint density at radius 1 is 1.18 bits per heavy atom. The molecule has 180 valence electrons. The summed E-state index contributed by atoms with van der Waals surface area (Å²) in [5, 5.41) is 2.94. The van der Waals surface area contributed by atoms with Gasteiger partial charge >= 0.3 is 0 Å². The molecule has 1 aliphatic heterocycles. The van der Waals surface area contributed by atoms with Crippen molar-refractivity contribution >= 4 is 38.6 Å². The number of aryl methyl sites for hydroxylation is 1. The number of sulfonamides is 1. The van der Waals surface area contributed by atoms with Crippen LogP contribution in [-0.2, 0) is 21.9 Å². The summed E-state index contributed by atoms with van der Waals surface area (Å²) in [7, 11) is -1.71. The second kappa shape index (κ2) is 9.46. The van der Waals surface area contributed by atoms with Gasteiger partial charge in [-0.15, -0.1) is 0 Å². The van der Waals surface area contributed by atoms with Crippen molar-refractivity contribution < 1.29 is 18.0 Å². The van der Waals surface area contributed by atoms with Crippen molar-refractivity contribution in [2.24, 2.45) is 13.0 Å². The van der Waals surface area contributed by atoms with Gasteiger partial charge in [-0.2, -0.15) is 0 Å². The molecule has 1 atom stereocenters. The molecule has 1 fully saturated rings. The fourth-order valence-corrected chi connectivity index (χ4v) is 4.93. The Balaban J connectivity index is 1.71. The van der Waals surface area contributed by atoms with Crippen LogP contribution >= 0.6 is 0 Å². The molecule has 1 aliphatic rings.